The van der Waals surface area contributed by atoms with Gasteiger partial charge in [-0.2, -0.15) is 13.2 Å². The fraction of sp³-hybridized carbons (Fsp3) is 0.500. The maximum absolute atomic E-state index is 12.0. The van der Waals surface area contributed by atoms with Gasteiger partial charge in [-0.1, -0.05) is 30.3 Å². The van der Waals surface area contributed by atoms with Crippen molar-refractivity contribution in [1.82, 2.24) is 10.6 Å². The molecular weight excluding hydrogens is 410 g/mol. The SMILES string of the molecule is CN=C(NCCOCc1ccccc1)NCCC(F)(F)F.I. The Bertz CT molecular complexity index is 427. The summed E-state index contributed by atoms with van der Waals surface area (Å²) >= 11 is 0. The van der Waals surface area contributed by atoms with E-state index in [1.54, 1.807) is 0 Å². The number of halogens is 4. The highest BCUT2D eigenvalue weighted by Gasteiger charge is 2.26. The molecule has 0 heterocycles. The average molecular weight is 431 g/mol. The van der Waals surface area contributed by atoms with Crippen molar-refractivity contribution < 1.29 is 17.9 Å². The van der Waals surface area contributed by atoms with Gasteiger partial charge in [0.05, 0.1) is 19.6 Å². The normalized spacial score (nSPS) is 11.7. The number of nitrogens with zero attached hydrogens (tertiary/aromatic N) is 1. The second-order valence-corrected chi connectivity index (χ2v) is 4.33. The average Bonchev–Trinajstić information content (AvgIpc) is 2.45. The minimum absolute atomic E-state index is 0. The van der Waals surface area contributed by atoms with Crippen molar-refractivity contribution in [2.45, 2.75) is 19.2 Å². The van der Waals surface area contributed by atoms with Gasteiger partial charge in [-0.05, 0) is 5.56 Å². The van der Waals surface area contributed by atoms with Crippen LogP contribution in [0, 0.1) is 0 Å². The van der Waals surface area contributed by atoms with Gasteiger partial charge >= 0.3 is 6.18 Å². The van der Waals surface area contributed by atoms with Gasteiger partial charge in [0.25, 0.3) is 0 Å². The van der Waals surface area contributed by atoms with Gasteiger partial charge in [0, 0.05) is 20.1 Å². The number of nitrogens with one attached hydrogen (secondary N) is 2. The molecule has 0 aliphatic carbocycles. The van der Waals surface area contributed by atoms with E-state index < -0.39 is 12.6 Å². The van der Waals surface area contributed by atoms with Crippen LogP contribution in [0.3, 0.4) is 0 Å². The second kappa shape index (κ2) is 11.5. The number of ether oxygens (including phenoxy) is 1. The Labute approximate surface area is 145 Å². The molecule has 1 rings (SSSR count). The zero-order valence-corrected chi connectivity index (χ0v) is 14.7. The van der Waals surface area contributed by atoms with Crippen LogP contribution in [0.25, 0.3) is 0 Å². The Balaban J connectivity index is 0.00000441. The molecule has 0 spiro atoms. The lowest BCUT2D eigenvalue weighted by Gasteiger charge is -2.13. The van der Waals surface area contributed by atoms with Crippen molar-refractivity contribution in [2.24, 2.45) is 4.99 Å². The predicted molar refractivity (Wildman–Crippen MR) is 91.5 cm³/mol. The zero-order valence-electron chi connectivity index (χ0n) is 12.3. The lowest BCUT2D eigenvalue weighted by atomic mass is 10.2. The van der Waals surface area contributed by atoms with E-state index in [2.05, 4.69) is 15.6 Å². The van der Waals surface area contributed by atoms with Gasteiger partial charge in [0.15, 0.2) is 5.96 Å². The van der Waals surface area contributed by atoms with Crippen molar-refractivity contribution >= 4 is 29.9 Å². The summed E-state index contributed by atoms with van der Waals surface area (Å²) in [6, 6.07) is 9.73. The van der Waals surface area contributed by atoms with Gasteiger partial charge in [-0.25, -0.2) is 0 Å². The monoisotopic (exact) mass is 431 g/mol. The molecule has 2 N–H and O–H groups in total. The first-order chi connectivity index (χ1) is 10.0. The molecule has 0 aliphatic heterocycles. The summed E-state index contributed by atoms with van der Waals surface area (Å²) in [5.74, 6) is 0.336. The summed E-state index contributed by atoms with van der Waals surface area (Å²) in [6.45, 7) is 1.21. The van der Waals surface area contributed by atoms with Crippen LogP contribution >= 0.6 is 24.0 Å². The van der Waals surface area contributed by atoms with Crippen LogP contribution in [0.5, 0.6) is 0 Å². The van der Waals surface area contributed by atoms with Crippen molar-refractivity contribution in [3.63, 3.8) is 0 Å². The quantitative estimate of drug-likeness (QED) is 0.302. The molecule has 8 heteroatoms. The van der Waals surface area contributed by atoms with Crippen LogP contribution in [0.2, 0.25) is 0 Å². The van der Waals surface area contributed by atoms with E-state index in [0.29, 0.717) is 25.7 Å². The minimum Gasteiger partial charge on any atom is -0.375 e. The molecule has 0 radical (unpaired) electrons. The van der Waals surface area contributed by atoms with E-state index >= 15 is 0 Å². The van der Waals surface area contributed by atoms with Gasteiger partial charge in [0.1, 0.15) is 0 Å². The summed E-state index contributed by atoms with van der Waals surface area (Å²) in [7, 11) is 1.51. The molecule has 22 heavy (non-hydrogen) atoms. The van der Waals surface area contributed by atoms with Crippen molar-refractivity contribution in [3.05, 3.63) is 35.9 Å². The Morgan fingerprint density at radius 2 is 1.77 bits per heavy atom. The number of hydrogen-bond acceptors (Lipinski definition) is 2. The summed E-state index contributed by atoms with van der Waals surface area (Å²) in [6.07, 6.45) is -5.05. The molecule has 0 aliphatic rings. The maximum Gasteiger partial charge on any atom is 0.390 e. The summed E-state index contributed by atoms with van der Waals surface area (Å²) in [5, 5.41) is 5.49. The minimum atomic E-state index is -4.16. The third-order valence-corrected chi connectivity index (χ3v) is 2.57. The van der Waals surface area contributed by atoms with Crippen molar-refractivity contribution in [2.75, 3.05) is 26.7 Å². The fourth-order valence-corrected chi connectivity index (χ4v) is 1.55. The van der Waals surface area contributed by atoms with Crippen LogP contribution in [0.4, 0.5) is 13.2 Å². The molecule has 0 amide bonds. The maximum atomic E-state index is 12.0. The zero-order chi connectivity index (χ0) is 15.6. The van der Waals surface area contributed by atoms with Crippen LogP contribution in [-0.2, 0) is 11.3 Å². The van der Waals surface area contributed by atoms with Crippen LogP contribution in [0.1, 0.15) is 12.0 Å². The number of aliphatic imine (C=N–C) groups is 1. The summed E-state index contributed by atoms with van der Waals surface area (Å²) in [4.78, 5) is 3.83. The molecule has 0 unspecified atom stereocenters. The molecule has 0 saturated carbocycles. The van der Waals surface area contributed by atoms with Crippen LogP contribution < -0.4 is 10.6 Å². The molecule has 0 atom stereocenters. The smallest absolute Gasteiger partial charge is 0.375 e. The Morgan fingerprint density at radius 3 is 2.36 bits per heavy atom. The highest BCUT2D eigenvalue weighted by Crippen LogP contribution is 2.17. The van der Waals surface area contributed by atoms with E-state index in [4.69, 9.17) is 4.74 Å². The fourth-order valence-electron chi connectivity index (χ4n) is 1.55. The van der Waals surface area contributed by atoms with E-state index in [9.17, 15) is 13.2 Å². The Morgan fingerprint density at radius 1 is 1.14 bits per heavy atom. The third-order valence-electron chi connectivity index (χ3n) is 2.57. The van der Waals surface area contributed by atoms with Crippen molar-refractivity contribution in [3.8, 4) is 0 Å². The van der Waals surface area contributed by atoms with Gasteiger partial charge < -0.3 is 15.4 Å². The highest BCUT2D eigenvalue weighted by atomic mass is 127. The van der Waals surface area contributed by atoms with E-state index in [0.717, 1.165) is 5.56 Å². The number of rotatable bonds is 7. The van der Waals surface area contributed by atoms with E-state index in [1.165, 1.54) is 7.05 Å². The van der Waals surface area contributed by atoms with Gasteiger partial charge in [-0.3, -0.25) is 4.99 Å². The van der Waals surface area contributed by atoms with E-state index in [1.807, 2.05) is 30.3 Å². The number of guanidine groups is 1. The number of benzene rings is 1. The van der Waals surface area contributed by atoms with Crippen LogP contribution in [-0.4, -0.2) is 38.9 Å². The lowest BCUT2D eigenvalue weighted by Crippen LogP contribution is -2.40. The first kappa shape index (κ1) is 21.0. The summed E-state index contributed by atoms with van der Waals surface area (Å²) < 4.78 is 41.5. The highest BCUT2D eigenvalue weighted by molar-refractivity contribution is 14.0. The Hall–Kier alpha value is -1.03. The molecule has 0 bridgehead atoms. The molecule has 0 saturated heterocycles. The van der Waals surface area contributed by atoms with Crippen LogP contribution in [0.15, 0.2) is 35.3 Å². The topological polar surface area (TPSA) is 45.7 Å². The second-order valence-electron chi connectivity index (χ2n) is 4.33. The molecule has 1 aromatic carbocycles. The lowest BCUT2D eigenvalue weighted by molar-refractivity contribution is -0.132. The molecule has 1 aromatic rings. The third kappa shape index (κ3) is 10.7. The molecular formula is C14H21F3IN3O. The standard InChI is InChI=1S/C14H20F3N3O.HI/c1-18-13(19-8-7-14(15,16)17)20-9-10-21-11-12-5-3-2-4-6-12;/h2-6H,7-11H2,1H3,(H2,18,19,20);1H. The number of alkyl halides is 3. The largest absolute Gasteiger partial charge is 0.390 e. The van der Waals surface area contributed by atoms with Crippen molar-refractivity contribution in [1.29, 1.82) is 0 Å². The molecule has 126 valence electrons. The van der Waals surface area contributed by atoms with Gasteiger partial charge in [-0.15, -0.1) is 24.0 Å². The first-order valence-electron chi connectivity index (χ1n) is 6.64. The number of hydrogen-bond donors (Lipinski definition) is 2. The van der Waals surface area contributed by atoms with Gasteiger partial charge in [0.2, 0.25) is 0 Å². The molecule has 0 aromatic heterocycles. The molecule has 0 fully saturated rings. The Kier molecular flexibility index (Phi) is 11.0. The van der Waals surface area contributed by atoms with E-state index in [-0.39, 0.29) is 30.5 Å². The first-order valence-corrected chi connectivity index (χ1v) is 6.64. The molecule has 4 nitrogen and oxygen atoms in total. The predicted octanol–water partition coefficient (Wildman–Crippen LogP) is 2.94. The summed E-state index contributed by atoms with van der Waals surface area (Å²) in [5.41, 5.74) is 1.07.